The lowest BCUT2D eigenvalue weighted by atomic mass is 10.2. The number of thiazole rings is 1. The zero-order chi connectivity index (χ0) is 15.5. The fourth-order valence-corrected chi connectivity index (χ4v) is 2.89. The van der Waals surface area contributed by atoms with E-state index < -0.39 is 0 Å². The van der Waals surface area contributed by atoms with Crippen molar-refractivity contribution in [2.24, 2.45) is 7.05 Å². The molecule has 0 aliphatic rings. The smallest absolute Gasteiger partial charge is 0.138 e. The second-order valence-electron chi connectivity index (χ2n) is 4.59. The van der Waals surface area contributed by atoms with E-state index in [0.717, 1.165) is 16.3 Å². The first-order valence-electron chi connectivity index (χ1n) is 6.41. The van der Waals surface area contributed by atoms with Crippen LogP contribution in [0.25, 0.3) is 10.6 Å². The van der Waals surface area contributed by atoms with E-state index in [1.165, 1.54) is 0 Å². The van der Waals surface area contributed by atoms with Gasteiger partial charge < -0.3 is 4.74 Å². The van der Waals surface area contributed by atoms with Gasteiger partial charge in [0.1, 0.15) is 17.4 Å². The number of hydrogen-bond donors (Lipinski definition) is 0. The molecule has 0 saturated heterocycles. The van der Waals surface area contributed by atoms with Crippen molar-refractivity contribution in [1.82, 2.24) is 14.8 Å². The first-order chi connectivity index (χ1) is 10.7. The van der Waals surface area contributed by atoms with Crippen molar-refractivity contribution in [1.29, 1.82) is 5.26 Å². The third-order valence-electron chi connectivity index (χ3n) is 2.94. The Balaban J connectivity index is 1.70. The summed E-state index contributed by atoms with van der Waals surface area (Å²) in [5.74, 6) is 0.539. The Hall–Kier alpha value is -2.36. The molecule has 0 atom stereocenters. The number of hydrogen-bond acceptors (Lipinski definition) is 5. The maximum atomic E-state index is 8.81. The van der Waals surface area contributed by atoms with Gasteiger partial charge in [-0.15, -0.1) is 11.3 Å². The van der Waals surface area contributed by atoms with Crippen molar-refractivity contribution in [3.63, 3.8) is 0 Å². The molecule has 2 aromatic heterocycles. The molecule has 1 aromatic carbocycles. The zero-order valence-corrected chi connectivity index (χ0v) is 13.2. The predicted molar refractivity (Wildman–Crippen MR) is 84.8 cm³/mol. The molecule has 2 heterocycles. The molecule has 3 rings (SSSR count). The number of aromatic nitrogens is 3. The summed E-state index contributed by atoms with van der Waals surface area (Å²) in [4.78, 5) is 4.52. The molecule has 5 nitrogen and oxygen atoms in total. The maximum absolute atomic E-state index is 8.81. The van der Waals surface area contributed by atoms with Crippen LogP contribution < -0.4 is 4.74 Å². The minimum Gasteiger partial charge on any atom is -0.486 e. The van der Waals surface area contributed by atoms with Crippen LogP contribution in [-0.4, -0.2) is 14.8 Å². The molecule has 0 spiro atoms. The SMILES string of the molecule is Cn1cc(-c2nc(COc3ccc(C#N)cc3Cl)cs2)cn1. The fraction of sp³-hybridized carbons (Fsp3) is 0.133. The second kappa shape index (κ2) is 6.18. The summed E-state index contributed by atoms with van der Waals surface area (Å²) in [5.41, 5.74) is 2.31. The summed E-state index contributed by atoms with van der Waals surface area (Å²) in [6.45, 7) is 0.322. The summed E-state index contributed by atoms with van der Waals surface area (Å²) < 4.78 is 7.40. The Labute approximate surface area is 136 Å². The highest BCUT2D eigenvalue weighted by molar-refractivity contribution is 7.13. The van der Waals surface area contributed by atoms with Crippen LogP contribution in [0.1, 0.15) is 11.3 Å². The second-order valence-corrected chi connectivity index (χ2v) is 5.86. The Morgan fingerprint density at radius 2 is 2.32 bits per heavy atom. The molecule has 22 heavy (non-hydrogen) atoms. The van der Waals surface area contributed by atoms with E-state index in [1.54, 1.807) is 40.4 Å². The highest BCUT2D eigenvalue weighted by Crippen LogP contribution is 2.27. The Morgan fingerprint density at radius 3 is 3.00 bits per heavy atom. The van der Waals surface area contributed by atoms with E-state index in [9.17, 15) is 0 Å². The molecule has 7 heteroatoms. The molecule has 0 fully saturated rings. The first kappa shape index (κ1) is 14.6. The summed E-state index contributed by atoms with van der Waals surface area (Å²) in [6.07, 6.45) is 3.70. The van der Waals surface area contributed by atoms with Gasteiger partial charge in [-0.3, -0.25) is 4.68 Å². The van der Waals surface area contributed by atoms with Crippen LogP contribution in [-0.2, 0) is 13.7 Å². The number of rotatable bonds is 4. The van der Waals surface area contributed by atoms with Gasteiger partial charge in [-0.25, -0.2) is 4.98 Å². The maximum Gasteiger partial charge on any atom is 0.138 e. The summed E-state index contributed by atoms with van der Waals surface area (Å²) >= 11 is 7.61. The van der Waals surface area contributed by atoms with Gasteiger partial charge in [-0.2, -0.15) is 10.4 Å². The summed E-state index contributed by atoms with van der Waals surface area (Å²) in [5, 5.41) is 16.2. The van der Waals surface area contributed by atoms with E-state index in [2.05, 4.69) is 10.1 Å². The molecule has 0 amide bonds. The minimum absolute atomic E-state index is 0.322. The van der Waals surface area contributed by atoms with Crippen molar-refractivity contribution < 1.29 is 4.74 Å². The van der Waals surface area contributed by atoms with Gasteiger partial charge in [0.05, 0.1) is 28.5 Å². The molecule has 0 bridgehead atoms. The molecule has 0 aliphatic carbocycles. The van der Waals surface area contributed by atoms with Crippen molar-refractivity contribution in [3.05, 3.63) is 52.3 Å². The third-order valence-corrected chi connectivity index (χ3v) is 4.18. The molecule has 0 N–H and O–H groups in total. The molecule has 0 saturated carbocycles. The Morgan fingerprint density at radius 1 is 1.45 bits per heavy atom. The summed E-state index contributed by atoms with van der Waals surface area (Å²) in [7, 11) is 1.87. The average molecular weight is 331 g/mol. The molecule has 110 valence electrons. The molecule has 0 aliphatic heterocycles. The molecule has 0 radical (unpaired) electrons. The monoisotopic (exact) mass is 330 g/mol. The number of aryl methyl sites for hydroxylation is 1. The first-order valence-corrected chi connectivity index (χ1v) is 7.67. The Kier molecular flexibility index (Phi) is 4.09. The van der Waals surface area contributed by atoms with Crippen LogP contribution in [0.15, 0.2) is 36.0 Å². The fourth-order valence-electron chi connectivity index (χ4n) is 1.88. The number of nitrogens with zero attached hydrogens (tertiary/aromatic N) is 4. The van der Waals surface area contributed by atoms with E-state index in [0.29, 0.717) is 22.9 Å². The highest BCUT2D eigenvalue weighted by atomic mass is 35.5. The van der Waals surface area contributed by atoms with Crippen LogP contribution in [0.4, 0.5) is 0 Å². The van der Waals surface area contributed by atoms with Gasteiger partial charge in [-0.1, -0.05) is 11.6 Å². The van der Waals surface area contributed by atoms with Crippen LogP contribution in [0.2, 0.25) is 5.02 Å². The number of halogens is 1. The van der Waals surface area contributed by atoms with E-state index in [4.69, 9.17) is 21.6 Å². The van der Waals surface area contributed by atoms with Gasteiger partial charge in [0, 0.05) is 24.2 Å². The average Bonchev–Trinajstić information content (AvgIpc) is 3.14. The lowest BCUT2D eigenvalue weighted by molar-refractivity contribution is 0.302. The van der Waals surface area contributed by atoms with Crippen molar-refractivity contribution >= 4 is 22.9 Å². The van der Waals surface area contributed by atoms with Crippen LogP contribution >= 0.6 is 22.9 Å². The van der Waals surface area contributed by atoms with E-state index in [1.807, 2.05) is 24.7 Å². The highest BCUT2D eigenvalue weighted by Gasteiger charge is 2.08. The topological polar surface area (TPSA) is 63.7 Å². The van der Waals surface area contributed by atoms with Crippen molar-refractivity contribution in [3.8, 4) is 22.4 Å². The van der Waals surface area contributed by atoms with E-state index >= 15 is 0 Å². The van der Waals surface area contributed by atoms with Crippen molar-refractivity contribution in [2.45, 2.75) is 6.61 Å². The zero-order valence-electron chi connectivity index (χ0n) is 11.7. The van der Waals surface area contributed by atoms with Crippen LogP contribution in [0.3, 0.4) is 0 Å². The molecule has 3 aromatic rings. The van der Waals surface area contributed by atoms with Gasteiger partial charge in [0.15, 0.2) is 0 Å². The number of benzene rings is 1. The largest absolute Gasteiger partial charge is 0.486 e. The van der Waals surface area contributed by atoms with Crippen LogP contribution in [0, 0.1) is 11.3 Å². The van der Waals surface area contributed by atoms with Crippen LogP contribution in [0.5, 0.6) is 5.75 Å². The van der Waals surface area contributed by atoms with Crippen molar-refractivity contribution in [2.75, 3.05) is 0 Å². The normalized spacial score (nSPS) is 10.4. The van der Waals surface area contributed by atoms with Gasteiger partial charge >= 0.3 is 0 Å². The quantitative estimate of drug-likeness (QED) is 0.732. The molecule has 0 unspecified atom stereocenters. The third kappa shape index (κ3) is 3.11. The lowest BCUT2D eigenvalue weighted by Gasteiger charge is -2.06. The Bertz CT molecular complexity index is 849. The van der Waals surface area contributed by atoms with E-state index in [-0.39, 0.29) is 0 Å². The van der Waals surface area contributed by atoms with Gasteiger partial charge in [0.2, 0.25) is 0 Å². The number of ether oxygens (including phenoxy) is 1. The number of nitriles is 1. The van der Waals surface area contributed by atoms with Gasteiger partial charge in [-0.05, 0) is 18.2 Å². The molecular formula is C15H11ClN4OS. The predicted octanol–water partition coefficient (Wildman–Crippen LogP) is 3.65. The summed E-state index contributed by atoms with van der Waals surface area (Å²) in [6, 6.07) is 6.98. The van der Waals surface area contributed by atoms with Gasteiger partial charge in [0.25, 0.3) is 0 Å². The standard InChI is InChI=1S/C15H11ClN4OS/c1-20-7-11(6-18-20)15-19-12(9-22-15)8-21-14-3-2-10(5-17)4-13(14)16/h2-4,6-7,9H,8H2,1H3. The minimum atomic E-state index is 0.322. The lowest BCUT2D eigenvalue weighted by Crippen LogP contribution is -1.96. The molecular weight excluding hydrogens is 320 g/mol.